The van der Waals surface area contributed by atoms with Gasteiger partial charge in [0.15, 0.2) is 11.5 Å². The predicted octanol–water partition coefficient (Wildman–Crippen LogP) is 1.78. The molecule has 5 nitrogen and oxygen atoms in total. The number of nitrogens with zero attached hydrogens (tertiary/aromatic N) is 1. The molecule has 1 aromatic carbocycles. The highest BCUT2D eigenvalue weighted by Crippen LogP contribution is 2.34. The number of hydrogen-bond donors (Lipinski definition) is 2. The summed E-state index contributed by atoms with van der Waals surface area (Å²) in [5, 5.41) is 0. The van der Waals surface area contributed by atoms with Gasteiger partial charge in [0, 0.05) is 24.1 Å². The molecule has 2 heterocycles. The van der Waals surface area contributed by atoms with Gasteiger partial charge in [0.05, 0.1) is 11.0 Å². The van der Waals surface area contributed by atoms with Gasteiger partial charge in [-0.1, -0.05) is 6.92 Å². The van der Waals surface area contributed by atoms with Crippen LogP contribution < -0.4 is 15.2 Å². The smallest absolute Gasteiger partial charge is 0.163 e. The molecule has 2 atom stereocenters. The molecule has 1 aliphatic rings. The summed E-state index contributed by atoms with van der Waals surface area (Å²) < 4.78 is 11.1. The molecule has 2 unspecified atom stereocenters. The first-order valence-electron chi connectivity index (χ1n) is 6.20. The van der Waals surface area contributed by atoms with Gasteiger partial charge < -0.3 is 20.2 Å². The molecule has 18 heavy (non-hydrogen) atoms. The molecule has 3 N–H and O–H groups in total. The summed E-state index contributed by atoms with van der Waals surface area (Å²) in [5.74, 6) is 2.64. The second-order valence-electron chi connectivity index (χ2n) is 4.78. The summed E-state index contributed by atoms with van der Waals surface area (Å²) in [6, 6.07) is 3.92. The minimum atomic E-state index is 0.0627. The van der Waals surface area contributed by atoms with Gasteiger partial charge in [-0.05, 0) is 6.92 Å². The fraction of sp³-hybridized carbons (Fsp3) is 0.462. The van der Waals surface area contributed by atoms with Crippen molar-refractivity contribution >= 4 is 11.0 Å². The largest absolute Gasteiger partial charge is 0.486 e. The van der Waals surface area contributed by atoms with Crippen LogP contribution in [-0.4, -0.2) is 29.2 Å². The maximum atomic E-state index is 5.90. The van der Waals surface area contributed by atoms with Gasteiger partial charge >= 0.3 is 0 Å². The highest BCUT2D eigenvalue weighted by Gasteiger charge is 2.18. The van der Waals surface area contributed by atoms with E-state index in [-0.39, 0.29) is 12.0 Å². The molecule has 96 valence electrons. The number of nitrogens with two attached hydrogens (primary N) is 1. The molecular weight excluding hydrogens is 230 g/mol. The van der Waals surface area contributed by atoms with Crippen LogP contribution in [0.3, 0.4) is 0 Å². The van der Waals surface area contributed by atoms with Crippen molar-refractivity contribution in [2.45, 2.75) is 25.8 Å². The van der Waals surface area contributed by atoms with Crippen LogP contribution in [0.1, 0.15) is 25.6 Å². The van der Waals surface area contributed by atoms with Crippen molar-refractivity contribution < 1.29 is 9.47 Å². The van der Waals surface area contributed by atoms with Gasteiger partial charge in [0.25, 0.3) is 0 Å². The quantitative estimate of drug-likeness (QED) is 0.848. The van der Waals surface area contributed by atoms with Crippen molar-refractivity contribution in [3.8, 4) is 11.5 Å². The molecule has 0 aliphatic carbocycles. The van der Waals surface area contributed by atoms with Crippen molar-refractivity contribution in [1.29, 1.82) is 0 Å². The van der Waals surface area contributed by atoms with Crippen molar-refractivity contribution in [3.05, 3.63) is 18.0 Å². The van der Waals surface area contributed by atoms with Crippen LogP contribution in [0.15, 0.2) is 12.1 Å². The molecule has 2 aromatic rings. The van der Waals surface area contributed by atoms with Crippen molar-refractivity contribution in [2.75, 3.05) is 13.2 Å². The maximum Gasteiger partial charge on any atom is 0.163 e. The zero-order chi connectivity index (χ0) is 12.7. The van der Waals surface area contributed by atoms with Gasteiger partial charge in [-0.15, -0.1) is 0 Å². The summed E-state index contributed by atoms with van der Waals surface area (Å²) in [6.45, 7) is 5.23. The van der Waals surface area contributed by atoms with E-state index in [9.17, 15) is 0 Å². The van der Waals surface area contributed by atoms with E-state index in [0.717, 1.165) is 28.4 Å². The third-order valence-electron chi connectivity index (χ3n) is 3.38. The normalized spacial score (nSPS) is 17.7. The molecular formula is C13H17N3O2. The number of aromatic amines is 1. The standard InChI is InChI=1S/C13H17N3O2/c1-7(8(2)14)13-15-9-5-11-12(6-10(9)16-13)18-4-3-17-11/h5-8H,3-4,14H2,1-2H3,(H,15,16). The molecule has 0 saturated heterocycles. The fourth-order valence-electron chi connectivity index (χ4n) is 2.03. The lowest BCUT2D eigenvalue weighted by Crippen LogP contribution is -2.23. The molecule has 1 aliphatic heterocycles. The first kappa shape index (κ1) is 11.3. The van der Waals surface area contributed by atoms with E-state index in [4.69, 9.17) is 15.2 Å². The summed E-state index contributed by atoms with van der Waals surface area (Å²) in [6.07, 6.45) is 0. The number of H-pyrrole nitrogens is 1. The molecule has 0 bridgehead atoms. The van der Waals surface area contributed by atoms with Crippen LogP contribution in [0.2, 0.25) is 0 Å². The Morgan fingerprint density at radius 3 is 2.56 bits per heavy atom. The van der Waals surface area contributed by atoms with E-state index in [1.165, 1.54) is 0 Å². The van der Waals surface area contributed by atoms with E-state index in [1.54, 1.807) is 0 Å². The highest BCUT2D eigenvalue weighted by molar-refractivity contribution is 5.80. The van der Waals surface area contributed by atoms with E-state index in [0.29, 0.717) is 13.2 Å². The number of hydrogen-bond acceptors (Lipinski definition) is 4. The Kier molecular flexibility index (Phi) is 2.63. The molecule has 0 saturated carbocycles. The Hall–Kier alpha value is -1.75. The number of benzene rings is 1. The summed E-state index contributed by atoms with van der Waals surface area (Å²) in [7, 11) is 0. The number of fused-ring (bicyclic) bond motifs is 2. The average Bonchev–Trinajstić information content (AvgIpc) is 2.77. The Balaban J connectivity index is 2.06. The second-order valence-corrected chi connectivity index (χ2v) is 4.78. The third kappa shape index (κ3) is 1.80. The Morgan fingerprint density at radius 2 is 1.89 bits per heavy atom. The summed E-state index contributed by atoms with van der Waals surface area (Å²) in [4.78, 5) is 7.87. The van der Waals surface area contributed by atoms with Crippen LogP contribution in [0.4, 0.5) is 0 Å². The molecule has 0 amide bonds. The van der Waals surface area contributed by atoms with E-state index in [1.807, 2.05) is 19.1 Å². The van der Waals surface area contributed by atoms with Gasteiger partial charge in [-0.25, -0.2) is 4.98 Å². The SMILES string of the molecule is CC(N)C(C)c1nc2cc3c(cc2[nH]1)OCCO3. The van der Waals surface area contributed by atoms with Gasteiger partial charge in [0.1, 0.15) is 19.0 Å². The van der Waals surface area contributed by atoms with Crippen LogP contribution in [0, 0.1) is 0 Å². The molecule has 0 spiro atoms. The molecule has 0 fully saturated rings. The lowest BCUT2D eigenvalue weighted by atomic mass is 10.0. The average molecular weight is 247 g/mol. The van der Waals surface area contributed by atoms with Crippen molar-refractivity contribution in [3.63, 3.8) is 0 Å². The monoisotopic (exact) mass is 247 g/mol. The number of ether oxygens (including phenoxy) is 2. The zero-order valence-corrected chi connectivity index (χ0v) is 10.6. The van der Waals surface area contributed by atoms with Crippen LogP contribution in [-0.2, 0) is 0 Å². The van der Waals surface area contributed by atoms with E-state index >= 15 is 0 Å². The van der Waals surface area contributed by atoms with Crippen LogP contribution in [0.25, 0.3) is 11.0 Å². The van der Waals surface area contributed by atoms with Gasteiger partial charge in [-0.3, -0.25) is 0 Å². The first-order chi connectivity index (χ1) is 8.65. The van der Waals surface area contributed by atoms with Crippen molar-refractivity contribution in [2.24, 2.45) is 5.73 Å². The van der Waals surface area contributed by atoms with E-state index in [2.05, 4.69) is 16.9 Å². The second kappa shape index (κ2) is 4.17. The Labute approximate surface area is 105 Å². The lowest BCUT2D eigenvalue weighted by Gasteiger charge is -2.17. The Bertz CT molecular complexity index is 534. The molecule has 1 aromatic heterocycles. The van der Waals surface area contributed by atoms with Gasteiger partial charge in [0.2, 0.25) is 0 Å². The van der Waals surface area contributed by atoms with Crippen LogP contribution in [0.5, 0.6) is 11.5 Å². The van der Waals surface area contributed by atoms with Crippen LogP contribution >= 0.6 is 0 Å². The number of nitrogens with one attached hydrogen (secondary N) is 1. The molecule has 3 rings (SSSR count). The number of aromatic nitrogens is 2. The minimum Gasteiger partial charge on any atom is -0.486 e. The number of rotatable bonds is 2. The third-order valence-corrected chi connectivity index (χ3v) is 3.38. The van der Waals surface area contributed by atoms with Gasteiger partial charge in [-0.2, -0.15) is 0 Å². The summed E-state index contributed by atoms with van der Waals surface area (Å²) in [5.41, 5.74) is 7.75. The summed E-state index contributed by atoms with van der Waals surface area (Å²) >= 11 is 0. The fourth-order valence-corrected chi connectivity index (χ4v) is 2.03. The Morgan fingerprint density at radius 1 is 1.22 bits per heavy atom. The van der Waals surface area contributed by atoms with Crippen molar-refractivity contribution in [1.82, 2.24) is 9.97 Å². The predicted molar refractivity (Wildman–Crippen MR) is 69.1 cm³/mol. The number of imidazole rings is 1. The maximum absolute atomic E-state index is 5.90. The first-order valence-corrected chi connectivity index (χ1v) is 6.20. The van der Waals surface area contributed by atoms with E-state index < -0.39 is 0 Å². The lowest BCUT2D eigenvalue weighted by molar-refractivity contribution is 0.172. The molecule has 0 radical (unpaired) electrons. The minimum absolute atomic E-state index is 0.0627. The topological polar surface area (TPSA) is 73.2 Å². The molecule has 5 heteroatoms. The zero-order valence-electron chi connectivity index (χ0n) is 10.6. The highest BCUT2D eigenvalue weighted by atomic mass is 16.6.